The zero-order chi connectivity index (χ0) is 15.6. The number of sulfonamides is 1. The van der Waals surface area contributed by atoms with E-state index in [1.807, 2.05) is 4.90 Å². The van der Waals surface area contributed by atoms with Crippen LogP contribution in [0.1, 0.15) is 19.8 Å². The van der Waals surface area contributed by atoms with Gasteiger partial charge in [-0.3, -0.25) is 0 Å². The molecular formula is C12H20ClN5O2S. The smallest absolute Gasteiger partial charge is 0.223 e. The standard InChI is InChI=1S/C12H20ClN5O2S/c1-3-21(19,20)17(2)9-4-6-18(7-5-9)11-8-10(13)15-12(14)16-11/h8-9H,3-7H2,1-2H3,(H2,14,15,16). The minimum absolute atomic E-state index is 0.0286. The number of nitrogens with zero attached hydrogens (tertiary/aromatic N) is 4. The molecule has 1 fully saturated rings. The molecule has 0 saturated carbocycles. The fourth-order valence-corrected chi connectivity index (χ4v) is 3.73. The van der Waals surface area contributed by atoms with Gasteiger partial charge >= 0.3 is 0 Å². The molecule has 0 spiro atoms. The van der Waals surface area contributed by atoms with Crippen molar-refractivity contribution >= 4 is 33.4 Å². The molecule has 0 aromatic carbocycles. The maximum Gasteiger partial charge on any atom is 0.223 e. The molecule has 21 heavy (non-hydrogen) atoms. The number of halogens is 1. The molecule has 0 bridgehead atoms. The molecule has 7 nitrogen and oxygen atoms in total. The first-order chi connectivity index (χ1) is 9.83. The lowest BCUT2D eigenvalue weighted by molar-refractivity contribution is 0.312. The summed E-state index contributed by atoms with van der Waals surface area (Å²) in [4.78, 5) is 10.1. The van der Waals surface area contributed by atoms with E-state index in [0.29, 0.717) is 24.1 Å². The van der Waals surface area contributed by atoms with Crippen molar-refractivity contribution in [3.8, 4) is 0 Å². The Labute approximate surface area is 130 Å². The quantitative estimate of drug-likeness (QED) is 0.825. The minimum atomic E-state index is -3.15. The third-order valence-corrected chi connectivity index (χ3v) is 5.90. The molecule has 0 radical (unpaired) electrons. The number of anilines is 2. The lowest BCUT2D eigenvalue weighted by Crippen LogP contribution is -2.46. The molecule has 1 aromatic rings. The van der Waals surface area contributed by atoms with E-state index in [0.717, 1.165) is 12.8 Å². The SMILES string of the molecule is CCS(=O)(=O)N(C)C1CCN(c2cc(Cl)nc(N)n2)CC1. The Morgan fingerprint density at radius 1 is 1.43 bits per heavy atom. The lowest BCUT2D eigenvalue weighted by Gasteiger charge is -2.36. The van der Waals surface area contributed by atoms with E-state index in [4.69, 9.17) is 17.3 Å². The van der Waals surface area contributed by atoms with E-state index < -0.39 is 10.0 Å². The first-order valence-corrected chi connectivity index (χ1v) is 8.83. The van der Waals surface area contributed by atoms with Crippen LogP contribution < -0.4 is 10.6 Å². The Morgan fingerprint density at radius 3 is 2.57 bits per heavy atom. The van der Waals surface area contributed by atoms with Gasteiger partial charge in [-0.15, -0.1) is 0 Å². The number of nitrogen functional groups attached to an aromatic ring is 1. The molecule has 1 aliphatic rings. The van der Waals surface area contributed by atoms with Crippen LogP contribution in [0.3, 0.4) is 0 Å². The van der Waals surface area contributed by atoms with Gasteiger partial charge in [0.05, 0.1) is 5.75 Å². The van der Waals surface area contributed by atoms with Gasteiger partial charge in [-0.1, -0.05) is 11.6 Å². The van der Waals surface area contributed by atoms with Gasteiger partial charge in [-0.05, 0) is 19.8 Å². The van der Waals surface area contributed by atoms with Gasteiger partial charge < -0.3 is 10.6 Å². The highest BCUT2D eigenvalue weighted by Crippen LogP contribution is 2.24. The van der Waals surface area contributed by atoms with Crippen LogP contribution in [0.5, 0.6) is 0 Å². The highest BCUT2D eigenvalue weighted by Gasteiger charge is 2.29. The van der Waals surface area contributed by atoms with Crippen LogP contribution in [0.15, 0.2) is 6.07 Å². The zero-order valence-corrected chi connectivity index (χ0v) is 13.7. The minimum Gasteiger partial charge on any atom is -0.368 e. The van der Waals surface area contributed by atoms with Gasteiger partial charge in [0.15, 0.2) is 0 Å². The maximum atomic E-state index is 11.9. The second-order valence-corrected chi connectivity index (χ2v) is 7.75. The fraction of sp³-hybridized carbons (Fsp3) is 0.667. The van der Waals surface area contributed by atoms with E-state index in [1.54, 1.807) is 20.0 Å². The molecule has 0 unspecified atom stereocenters. The molecule has 1 aliphatic heterocycles. The Balaban J connectivity index is 2.03. The van der Waals surface area contributed by atoms with Gasteiger partial charge in [-0.25, -0.2) is 17.7 Å². The summed E-state index contributed by atoms with van der Waals surface area (Å²) in [6.07, 6.45) is 1.49. The van der Waals surface area contributed by atoms with Crippen LogP contribution >= 0.6 is 11.6 Å². The van der Waals surface area contributed by atoms with E-state index in [9.17, 15) is 8.42 Å². The van der Waals surface area contributed by atoms with Crippen molar-refractivity contribution < 1.29 is 8.42 Å². The van der Waals surface area contributed by atoms with Crippen LogP contribution in [0.4, 0.5) is 11.8 Å². The van der Waals surface area contributed by atoms with E-state index in [1.165, 1.54) is 4.31 Å². The van der Waals surface area contributed by atoms with Gasteiger partial charge in [0.2, 0.25) is 16.0 Å². The molecule has 1 aromatic heterocycles. The van der Waals surface area contributed by atoms with Crippen LogP contribution in [0.25, 0.3) is 0 Å². The largest absolute Gasteiger partial charge is 0.368 e. The highest BCUT2D eigenvalue weighted by molar-refractivity contribution is 7.89. The fourth-order valence-electron chi connectivity index (χ4n) is 2.47. The average Bonchev–Trinajstić information content (AvgIpc) is 2.45. The average molecular weight is 334 g/mol. The number of hydrogen-bond acceptors (Lipinski definition) is 6. The van der Waals surface area contributed by atoms with Crippen molar-refractivity contribution in [2.45, 2.75) is 25.8 Å². The van der Waals surface area contributed by atoms with Gasteiger partial charge in [0, 0.05) is 32.2 Å². The Hall–Kier alpha value is -1.12. The molecule has 0 aliphatic carbocycles. The van der Waals surface area contributed by atoms with E-state index >= 15 is 0 Å². The van der Waals surface area contributed by atoms with Crippen molar-refractivity contribution in [3.63, 3.8) is 0 Å². The summed E-state index contributed by atoms with van der Waals surface area (Å²) in [5.41, 5.74) is 5.60. The predicted molar refractivity (Wildman–Crippen MR) is 83.9 cm³/mol. The molecule has 2 heterocycles. The molecule has 2 N–H and O–H groups in total. The number of nitrogens with two attached hydrogens (primary N) is 1. The van der Waals surface area contributed by atoms with Gasteiger partial charge in [0.25, 0.3) is 0 Å². The van der Waals surface area contributed by atoms with Crippen molar-refractivity contribution in [3.05, 3.63) is 11.2 Å². The molecule has 1 saturated heterocycles. The topological polar surface area (TPSA) is 92.4 Å². The number of piperidine rings is 1. The molecule has 2 rings (SSSR count). The molecule has 118 valence electrons. The summed E-state index contributed by atoms with van der Waals surface area (Å²) in [7, 11) is -1.49. The summed E-state index contributed by atoms with van der Waals surface area (Å²) in [6, 6.07) is 1.70. The number of hydrogen-bond donors (Lipinski definition) is 1. The molecule has 0 amide bonds. The van der Waals surface area contributed by atoms with Crippen molar-refractivity contribution in [2.24, 2.45) is 0 Å². The highest BCUT2D eigenvalue weighted by atomic mass is 35.5. The van der Waals surface area contributed by atoms with Gasteiger partial charge in [-0.2, -0.15) is 4.98 Å². The summed E-state index contributed by atoms with van der Waals surface area (Å²) in [6.45, 7) is 3.08. The Kier molecular flexibility index (Phi) is 4.90. The van der Waals surface area contributed by atoms with E-state index in [2.05, 4.69) is 9.97 Å². The second kappa shape index (κ2) is 6.33. The van der Waals surface area contributed by atoms with Crippen LogP contribution in [-0.2, 0) is 10.0 Å². The second-order valence-electron chi connectivity index (χ2n) is 5.04. The van der Waals surface area contributed by atoms with Crippen molar-refractivity contribution in [1.29, 1.82) is 0 Å². The maximum absolute atomic E-state index is 11.9. The van der Waals surface area contributed by atoms with Crippen molar-refractivity contribution in [2.75, 3.05) is 36.5 Å². The van der Waals surface area contributed by atoms with Crippen LogP contribution in [0.2, 0.25) is 5.15 Å². The lowest BCUT2D eigenvalue weighted by atomic mass is 10.1. The van der Waals surface area contributed by atoms with E-state index in [-0.39, 0.29) is 17.7 Å². The monoisotopic (exact) mass is 333 g/mol. The number of aromatic nitrogens is 2. The number of rotatable bonds is 4. The summed E-state index contributed by atoms with van der Waals surface area (Å²) in [5, 5.41) is 0.310. The predicted octanol–water partition coefficient (Wildman–Crippen LogP) is 0.963. The Morgan fingerprint density at radius 2 is 2.05 bits per heavy atom. The first kappa shape index (κ1) is 16.3. The third-order valence-electron chi connectivity index (χ3n) is 3.80. The zero-order valence-electron chi connectivity index (χ0n) is 12.2. The van der Waals surface area contributed by atoms with Crippen LogP contribution in [0, 0.1) is 0 Å². The Bertz CT molecular complexity index is 581. The van der Waals surface area contributed by atoms with Crippen LogP contribution in [-0.4, -0.2) is 54.6 Å². The summed E-state index contributed by atoms with van der Waals surface area (Å²) >= 11 is 5.88. The van der Waals surface area contributed by atoms with Gasteiger partial charge in [0.1, 0.15) is 11.0 Å². The first-order valence-electron chi connectivity index (χ1n) is 6.84. The van der Waals surface area contributed by atoms with Crippen molar-refractivity contribution in [1.82, 2.24) is 14.3 Å². The summed E-state index contributed by atoms with van der Waals surface area (Å²) < 4.78 is 25.3. The summed E-state index contributed by atoms with van der Waals surface area (Å²) in [5.74, 6) is 0.958. The molecule has 9 heteroatoms. The molecule has 0 atom stereocenters. The third kappa shape index (κ3) is 3.75. The molecular weight excluding hydrogens is 314 g/mol. The normalized spacial score (nSPS) is 17.4.